The van der Waals surface area contributed by atoms with Crippen molar-refractivity contribution in [1.82, 2.24) is 4.90 Å². The van der Waals surface area contributed by atoms with E-state index in [0.717, 1.165) is 5.56 Å². The molecule has 0 saturated carbocycles. The number of carbonyl (C=O) groups is 1. The summed E-state index contributed by atoms with van der Waals surface area (Å²) in [7, 11) is 0. The first kappa shape index (κ1) is 14.8. The predicted molar refractivity (Wildman–Crippen MR) is 70.9 cm³/mol. The topological polar surface area (TPSA) is 60.8 Å². The summed E-state index contributed by atoms with van der Waals surface area (Å²) in [4.78, 5) is 12.5. The van der Waals surface area contributed by atoms with Crippen molar-refractivity contribution in [2.45, 2.75) is 32.4 Å². The van der Waals surface area contributed by atoms with Gasteiger partial charge in [-0.2, -0.15) is 0 Å². The summed E-state index contributed by atoms with van der Waals surface area (Å²) in [6.45, 7) is 3.53. The molecule has 18 heavy (non-hydrogen) atoms. The molecule has 0 aliphatic carbocycles. The molecule has 0 saturated heterocycles. The summed E-state index contributed by atoms with van der Waals surface area (Å²) in [6, 6.07) is 6.84. The minimum Gasteiger partial charge on any atom is -0.465 e. The summed E-state index contributed by atoms with van der Waals surface area (Å²) in [6.07, 6.45) is -1.16. The van der Waals surface area contributed by atoms with Gasteiger partial charge in [-0.05, 0) is 25.0 Å². The van der Waals surface area contributed by atoms with Gasteiger partial charge in [0.25, 0.3) is 0 Å². The Bertz CT molecular complexity index is 409. The molecule has 4 nitrogen and oxygen atoms in total. The van der Waals surface area contributed by atoms with E-state index in [9.17, 15) is 15.0 Å². The molecule has 0 radical (unpaired) electrons. The molecule has 0 fully saturated rings. The van der Waals surface area contributed by atoms with E-state index in [4.69, 9.17) is 11.6 Å². The Balaban J connectivity index is 3.06. The number of carboxylic acid groups (broad SMARTS) is 1. The average molecular weight is 272 g/mol. The molecule has 0 aliphatic heterocycles. The van der Waals surface area contributed by atoms with Crippen LogP contribution in [0.5, 0.6) is 0 Å². The Morgan fingerprint density at radius 1 is 1.44 bits per heavy atom. The van der Waals surface area contributed by atoms with Gasteiger partial charge >= 0.3 is 6.09 Å². The highest BCUT2D eigenvalue weighted by Crippen LogP contribution is 2.30. The van der Waals surface area contributed by atoms with E-state index in [2.05, 4.69) is 0 Å². The summed E-state index contributed by atoms with van der Waals surface area (Å²) >= 11 is 6.10. The van der Waals surface area contributed by atoms with Crippen LogP contribution in [0.4, 0.5) is 4.79 Å². The minimum absolute atomic E-state index is 0.0685. The van der Waals surface area contributed by atoms with E-state index >= 15 is 0 Å². The van der Waals surface area contributed by atoms with Crippen molar-refractivity contribution in [1.29, 1.82) is 0 Å². The number of nitrogens with zero attached hydrogens (tertiary/aromatic N) is 1. The fourth-order valence-electron chi connectivity index (χ4n) is 1.98. The lowest BCUT2D eigenvalue weighted by atomic mass is 10.0. The molecular weight excluding hydrogens is 254 g/mol. The maximum Gasteiger partial charge on any atom is 0.407 e. The first-order chi connectivity index (χ1) is 8.47. The van der Waals surface area contributed by atoms with Gasteiger partial charge < -0.3 is 10.2 Å². The van der Waals surface area contributed by atoms with E-state index in [1.807, 2.05) is 19.1 Å². The summed E-state index contributed by atoms with van der Waals surface area (Å²) < 4.78 is 0. The van der Waals surface area contributed by atoms with Crippen molar-refractivity contribution in [2.75, 3.05) is 6.54 Å². The molecule has 1 aromatic carbocycles. The van der Waals surface area contributed by atoms with Gasteiger partial charge in [-0.15, -0.1) is 0 Å². The van der Waals surface area contributed by atoms with Crippen molar-refractivity contribution in [3.05, 3.63) is 34.9 Å². The van der Waals surface area contributed by atoms with Gasteiger partial charge in [-0.3, -0.25) is 4.90 Å². The second-order valence-electron chi connectivity index (χ2n) is 4.23. The zero-order valence-electron chi connectivity index (χ0n) is 10.5. The minimum atomic E-state index is -1.05. The third-order valence-corrected chi connectivity index (χ3v) is 3.08. The number of rotatable bonds is 5. The molecule has 1 amide bonds. The van der Waals surface area contributed by atoms with E-state index in [0.29, 0.717) is 11.4 Å². The molecule has 1 aromatic rings. The van der Waals surface area contributed by atoms with Crippen LogP contribution < -0.4 is 0 Å². The van der Waals surface area contributed by atoms with Crippen LogP contribution in [-0.4, -0.2) is 33.9 Å². The first-order valence-electron chi connectivity index (χ1n) is 5.89. The molecule has 0 spiro atoms. The Labute approximate surface area is 112 Å². The molecule has 1 rings (SSSR count). The van der Waals surface area contributed by atoms with Crippen LogP contribution >= 0.6 is 11.6 Å². The molecule has 2 N–H and O–H groups in total. The van der Waals surface area contributed by atoms with E-state index in [1.165, 1.54) is 4.90 Å². The standard InChI is InChI=1S/C13H18ClNO3/c1-3-12(10-6-4-5-7-11(10)14)15(13(17)18)8-9(2)16/h4-7,9,12,16H,3,8H2,1-2H3,(H,17,18). The van der Waals surface area contributed by atoms with E-state index in [-0.39, 0.29) is 12.6 Å². The Hall–Kier alpha value is -1.26. The van der Waals surface area contributed by atoms with Gasteiger partial charge in [-0.25, -0.2) is 4.79 Å². The molecule has 100 valence electrons. The monoisotopic (exact) mass is 271 g/mol. The molecule has 2 atom stereocenters. The van der Waals surface area contributed by atoms with Gasteiger partial charge in [0.05, 0.1) is 18.7 Å². The van der Waals surface area contributed by atoms with Crippen molar-refractivity contribution in [3.8, 4) is 0 Å². The maximum atomic E-state index is 11.3. The average Bonchev–Trinajstić information content (AvgIpc) is 2.30. The third kappa shape index (κ3) is 3.62. The van der Waals surface area contributed by atoms with Gasteiger partial charge in [0.2, 0.25) is 0 Å². The molecular formula is C13H18ClNO3. The van der Waals surface area contributed by atoms with Crippen molar-refractivity contribution < 1.29 is 15.0 Å². The maximum absolute atomic E-state index is 11.3. The lowest BCUT2D eigenvalue weighted by molar-refractivity contribution is 0.0821. The van der Waals surface area contributed by atoms with E-state index in [1.54, 1.807) is 19.1 Å². The summed E-state index contributed by atoms with van der Waals surface area (Å²) in [5.41, 5.74) is 0.768. The number of benzene rings is 1. The van der Waals surface area contributed by atoms with Crippen LogP contribution in [-0.2, 0) is 0 Å². The lowest BCUT2D eigenvalue weighted by Gasteiger charge is -2.30. The highest BCUT2D eigenvalue weighted by atomic mass is 35.5. The molecule has 0 aromatic heterocycles. The molecule has 2 unspecified atom stereocenters. The van der Waals surface area contributed by atoms with Crippen LogP contribution in [0.2, 0.25) is 5.02 Å². The highest BCUT2D eigenvalue weighted by molar-refractivity contribution is 6.31. The molecule has 0 aliphatic rings. The predicted octanol–water partition coefficient (Wildman–Crippen LogP) is 3.15. The van der Waals surface area contributed by atoms with E-state index < -0.39 is 12.2 Å². The smallest absolute Gasteiger partial charge is 0.407 e. The van der Waals surface area contributed by atoms with Crippen molar-refractivity contribution in [3.63, 3.8) is 0 Å². The largest absolute Gasteiger partial charge is 0.465 e. The first-order valence-corrected chi connectivity index (χ1v) is 6.27. The number of halogens is 1. The zero-order valence-corrected chi connectivity index (χ0v) is 11.3. The second kappa shape index (κ2) is 6.61. The SMILES string of the molecule is CCC(c1ccccc1Cl)N(CC(C)O)C(=O)O. The third-order valence-electron chi connectivity index (χ3n) is 2.73. The van der Waals surface area contributed by atoms with Gasteiger partial charge in [0.15, 0.2) is 0 Å². The van der Waals surface area contributed by atoms with Crippen LogP contribution in [0.25, 0.3) is 0 Å². The molecule has 0 heterocycles. The summed E-state index contributed by atoms with van der Waals surface area (Å²) in [5, 5.41) is 19.2. The number of aliphatic hydroxyl groups excluding tert-OH is 1. The van der Waals surface area contributed by atoms with Gasteiger partial charge in [-0.1, -0.05) is 36.7 Å². The number of hydrogen-bond acceptors (Lipinski definition) is 2. The zero-order chi connectivity index (χ0) is 13.7. The Kier molecular flexibility index (Phi) is 5.44. The normalized spacial score (nSPS) is 14.0. The van der Waals surface area contributed by atoms with Gasteiger partial charge in [0.1, 0.15) is 0 Å². The summed E-state index contributed by atoms with van der Waals surface area (Å²) in [5.74, 6) is 0. The molecule has 0 bridgehead atoms. The quantitative estimate of drug-likeness (QED) is 0.865. The van der Waals surface area contributed by atoms with Crippen LogP contribution in [0.1, 0.15) is 31.9 Å². The fraction of sp³-hybridized carbons (Fsp3) is 0.462. The van der Waals surface area contributed by atoms with Gasteiger partial charge in [0, 0.05) is 5.02 Å². The highest BCUT2D eigenvalue weighted by Gasteiger charge is 2.25. The van der Waals surface area contributed by atoms with Crippen molar-refractivity contribution in [2.24, 2.45) is 0 Å². The Morgan fingerprint density at radius 2 is 2.06 bits per heavy atom. The Morgan fingerprint density at radius 3 is 2.50 bits per heavy atom. The fourth-order valence-corrected chi connectivity index (χ4v) is 2.24. The van der Waals surface area contributed by atoms with Crippen LogP contribution in [0, 0.1) is 0 Å². The number of aliphatic hydroxyl groups is 1. The van der Waals surface area contributed by atoms with Crippen molar-refractivity contribution >= 4 is 17.7 Å². The number of amides is 1. The lowest BCUT2D eigenvalue weighted by Crippen LogP contribution is -2.38. The molecule has 5 heteroatoms. The second-order valence-corrected chi connectivity index (χ2v) is 4.64. The number of hydrogen-bond donors (Lipinski definition) is 2. The van der Waals surface area contributed by atoms with Crippen LogP contribution in [0.3, 0.4) is 0 Å². The van der Waals surface area contributed by atoms with Crippen LogP contribution in [0.15, 0.2) is 24.3 Å².